The summed E-state index contributed by atoms with van der Waals surface area (Å²) in [4.78, 5) is 0. The molecule has 0 radical (unpaired) electrons. The van der Waals surface area contributed by atoms with E-state index in [-0.39, 0.29) is 0 Å². The van der Waals surface area contributed by atoms with Crippen LogP contribution in [0.3, 0.4) is 0 Å². The van der Waals surface area contributed by atoms with E-state index in [2.05, 4.69) is 40.2 Å². The Morgan fingerprint density at radius 1 is 1.47 bits per heavy atom. The molecule has 0 aliphatic heterocycles. The number of likely N-dealkylation sites (N-methyl/N-ethyl adjacent to an activating group) is 1. The van der Waals surface area contributed by atoms with E-state index >= 15 is 0 Å². The topological polar surface area (TPSA) is 39.1 Å². The van der Waals surface area contributed by atoms with Crippen LogP contribution in [0.1, 0.15) is 31.7 Å². The average molecular weight is 332 g/mol. The van der Waals surface area contributed by atoms with Crippen LogP contribution in [-0.2, 0) is 24.6 Å². The number of rotatable bonds is 8. The van der Waals surface area contributed by atoms with Gasteiger partial charge in [0.15, 0.2) is 0 Å². The minimum absolute atomic E-state index is 0.446. The van der Waals surface area contributed by atoms with Gasteiger partial charge in [-0.2, -0.15) is 5.10 Å². The second-order valence-electron chi connectivity index (χ2n) is 5.17. The van der Waals surface area contributed by atoms with Gasteiger partial charge in [-0.3, -0.25) is 4.68 Å². The highest BCUT2D eigenvalue weighted by Crippen LogP contribution is 2.24. The van der Waals surface area contributed by atoms with Gasteiger partial charge in [-0.25, -0.2) is 0 Å². The van der Waals surface area contributed by atoms with E-state index in [4.69, 9.17) is 4.74 Å². The molecule has 0 bridgehead atoms. The van der Waals surface area contributed by atoms with Crippen molar-refractivity contribution in [2.24, 2.45) is 13.0 Å². The van der Waals surface area contributed by atoms with Crippen LogP contribution in [0.4, 0.5) is 0 Å². The van der Waals surface area contributed by atoms with Gasteiger partial charge >= 0.3 is 0 Å². The zero-order valence-corrected chi connectivity index (χ0v) is 14.2. The number of ether oxygens (including phenoxy) is 1. The lowest BCUT2D eigenvalue weighted by atomic mass is 9.99. The van der Waals surface area contributed by atoms with E-state index in [1.807, 2.05) is 18.8 Å². The number of nitrogens with one attached hydrogen (secondary N) is 1. The van der Waals surface area contributed by atoms with Gasteiger partial charge in [-0.05, 0) is 41.7 Å². The van der Waals surface area contributed by atoms with E-state index in [9.17, 15) is 0 Å². The van der Waals surface area contributed by atoms with Crippen LogP contribution >= 0.6 is 15.9 Å². The molecule has 110 valence electrons. The second-order valence-corrected chi connectivity index (χ2v) is 5.96. The van der Waals surface area contributed by atoms with Crippen LogP contribution in [0.5, 0.6) is 0 Å². The molecule has 4 nitrogen and oxygen atoms in total. The summed E-state index contributed by atoms with van der Waals surface area (Å²) in [5.41, 5.74) is 2.40. The summed E-state index contributed by atoms with van der Waals surface area (Å²) in [5, 5.41) is 7.95. The summed E-state index contributed by atoms with van der Waals surface area (Å²) in [5.74, 6) is 0.556. The molecule has 0 aliphatic carbocycles. The number of hydrogen-bond donors (Lipinski definition) is 1. The van der Waals surface area contributed by atoms with Gasteiger partial charge in [0.2, 0.25) is 0 Å². The van der Waals surface area contributed by atoms with Crippen molar-refractivity contribution in [3.05, 3.63) is 15.9 Å². The SMILES string of the molecule is CCc1nn(C)c(CC(CC(C)COC)NC)c1Br. The smallest absolute Gasteiger partial charge is 0.0766 e. The Labute approximate surface area is 125 Å². The van der Waals surface area contributed by atoms with Crippen LogP contribution in [-0.4, -0.2) is 36.6 Å². The van der Waals surface area contributed by atoms with E-state index in [0.717, 1.165) is 36.0 Å². The van der Waals surface area contributed by atoms with Gasteiger partial charge in [0.25, 0.3) is 0 Å². The van der Waals surface area contributed by atoms with Crippen molar-refractivity contribution in [2.75, 3.05) is 20.8 Å². The fourth-order valence-electron chi connectivity index (χ4n) is 2.42. The number of hydrogen-bond acceptors (Lipinski definition) is 3. The number of aryl methyl sites for hydroxylation is 2. The van der Waals surface area contributed by atoms with Gasteiger partial charge < -0.3 is 10.1 Å². The van der Waals surface area contributed by atoms with Crippen molar-refractivity contribution < 1.29 is 4.74 Å². The molecule has 2 unspecified atom stereocenters. The Balaban J connectivity index is 2.73. The quantitative estimate of drug-likeness (QED) is 0.795. The van der Waals surface area contributed by atoms with Crippen LogP contribution in [0.2, 0.25) is 0 Å². The number of halogens is 1. The van der Waals surface area contributed by atoms with Crippen molar-refractivity contribution in [1.82, 2.24) is 15.1 Å². The molecule has 1 aromatic rings. The predicted octanol–water partition coefficient (Wildman–Crippen LogP) is 2.55. The highest BCUT2D eigenvalue weighted by molar-refractivity contribution is 9.10. The third kappa shape index (κ3) is 4.58. The van der Waals surface area contributed by atoms with Gasteiger partial charge in [-0.1, -0.05) is 13.8 Å². The van der Waals surface area contributed by atoms with Gasteiger partial charge in [0.05, 0.1) is 15.9 Å². The average Bonchev–Trinajstić information content (AvgIpc) is 2.65. The summed E-state index contributed by atoms with van der Waals surface area (Å²) < 4.78 is 8.37. The first-order chi connectivity index (χ1) is 9.03. The largest absolute Gasteiger partial charge is 0.384 e. The molecule has 19 heavy (non-hydrogen) atoms. The Hall–Kier alpha value is -0.390. The lowest BCUT2D eigenvalue weighted by Crippen LogP contribution is -2.31. The number of methoxy groups -OCH3 is 1. The van der Waals surface area contributed by atoms with E-state index in [0.29, 0.717) is 12.0 Å². The van der Waals surface area contributed by atoms with Gasteiger partial charge in [0, 0.05) is 33.2 Å². The molecule has 0 aromatic carbocycles. The molecule has 0 saturated heterocycles. The lowest BCUT2D eigenvalue weighted by molar-refractivity contribution is 0.149. The standard InChI is InChI=1S/C14H26BrN3O/c1-6-12-14(15)13(18(4)17-12)8-11(16-3)7-10(2)9-19-5/h10-11,16H,6-9H2,1-5H3. The third-order valence-corrected chi connectivity index (χ3v) is 4.40. The minimum Gasteiger partial charge on any atom is -0.384 e. The van der Waals surface area contributed by atoms with E-state index in [1.54, 1.807) is 7.11 Å². The molecule has 1 aromatic heterocycles. The maximum Gasteiger partial charge on any atom is 0.0766 e. The molecule has 5 heteroatoms. The maximum absolute atomic E-state index is 5.21. The zero-order valence-electron chi connectivity index (χ0n) is 12.7. The van der Waals surface area contributed by atoms with E-state index in [1.165, 1.54) is 5.69 Å². The number of aromatic nitrogens is 2. The Morgan fingerprint density at radius 2 is 2.16 bits per heavy atom. The van der Waals surface area contributed by atoms with Crippen molar-refractivity contribution in [1.29, 1.82) is 0 Å². The zero-order chi connectivity index (χ0) is 14.4. The molecule has 1 N–H and O–H groups in total. The predicted molar refractivity (Wildman–Crippen MR) is 82.5 cm³/mol. The van der Waals surface area contributed by atoms with Crippen molar-refractivity contribution in [3.8, 4) is 0 Å². The summed E-state index contributed by atoms with van der Waals surface area (Å²) in [6.45, 7) is 5.17. The minimum atomic E-state index is 0.446. The highest BCUT2D eigenvalue weighted by Gasteiger charge is 2.18. The maximum atomic E-state index is 5.21. The first kappa shape index (κ1) is 16.7. The first-order valence-electron chi connectivity index (χ1n) is 6.89. The fraction of sp³-hybridized carbons (Fsp3) is 0.786. The Morgan fingerprint density at radius 3 is 2.63 bits per heavy atom. The van der Waals surface area contributed by atoms with Crippen molar-refractivity contribution in [3.63, 3.8) is 0 Å². The van der Waals surface area contributed by atoms with Crippen LogP contribution < -0.4 is 5.32 Å². The van der Waals surface area contributed by atoms with E-state index < -0.39 is 0 Å². The summed E-state index contributed by atoms with van der Waals surface area (Å²) in [6, 6.07) is 0.446. The molecular weight excluding hydrogens is 306 g/mol. The molecule has 1 rings (SSSR count). The van der Waals surface area contributed by atoms with Crippen molar-refractivity contribution in [2.45, 2.75) is 39.2 Å². The molecule has 0 aliphatic rings. The molecule has 1 heterocycles. The van der Waals surface area contributed by atoms with Crippen LogP contribution in [0.25, 0.3) is 0 Å². The number of nitrogens with zero attached hydrogens (tertiary/aromatic N) is 2. The molecule has 0 amide bonds. The Bertz CT molecular complexity index is 392. The van der Waals surface area contributed by atoms with Gasteiger partial charge in [0.1, 0.15) is 0 Å². The highest BCUT2D eigenvalue weighted by atomic mass is 79.9. The van der Waals surface area contributed by atoms with Crippen molar-refractivity contribution >= 4 is 15.9 Å². The monoisotopic (exact) mass is 331 g/mol. The van der Waals surface area contributed by atoms with Gasteiger partial charge in [-0.15, -0.1) is 0 Å². The normalized spacial score (nSPS) is 14.6. The van der Waals surface area contributed by atoms with Crippen LogP contribution in [0, 0.1) is 5.92 Å². The molecule has 0 spiro atoms. The Kier molecular flexibility index (Phi) is 7.04. The second kappa shape index (κ2) is 8.02. The lowest BCUT2D eigenvalue weighted by Gasteiger charge is -2.20. The third-order valence-electron chi connectivity index (χ3n) is 3.49. The summed E-state index contributed by atoms with van der Waals surface area (Å²) >= 11 is 3.68. The summed E-state index contributed by atoms with van der Waals surface area (Å²) in [6.07, 6.45) is 3.04. The molecule has 0 fully saturated rings. The fourth-order valence-corrected chi connectivity index (χ4v) is 3.19. The van der Waals surface area contributed by atoms with Crippen LogP contribution in [0.15, 0.2) is 4.47 Å². The first-order valence-corrected chi connectivity index (χ1v) is 7.69. The molecule has 2 atom stereocenters. The summed E-state index contributed by atoms with van der Waals surface area (Å²) in [7, 11) is 5.80. The molecular formula is C14H26BrN3O. The molecule has 0 saturated carbocycles.